The third-order valence-electron chi connectivity index (χ3n) is 5.35. The van der Waals surface area contributed by atoms with Crippen molar-refractivity contribution in [1.82, 2.24) is 19.9 Å². The number of nitrogens with one attached hydrogen (secondary N) is 2. The van der Waals surface area contributed by atoms with Gasteiger partial charge in [0.05, 0.1) is 16.4 Å². The van der Waals surface area contributed by atoms with Crippen molar-refractivity contribution in [1.29, 1.82) is 0 Å². The molecule has 3 aromatic rings. The predicted molar refractivity (Wildman–Crippen MR) is 119 cm³/mol. The van der Waals surface area contributed by atoms with Crippen LogP contribution in [0.3, 0.4) is 0 Å². The van der Waals surface area contributed by atoms with Gasteiger partial charge in [-0.25, -0.2) is 14.3 Å². The van der Waals surface area contributed by atoms with E-state index >= 15 is 0 Å². The molecule has 0 aromatic carbocycles. The Bertz CT molecular complexity index is 1180. The van der Waals surface area contributed by atoms with Gasteiger partial charge in [-0.2, -0.15) is 18.3 Å². The van der Waals surface area contributed by atoms with E-state index in [0.29, 0.717) is 23.3 Å². The number of nitrogens with zero attached hydrogens (tertiary/aromatic N) is 4. The second kappa shape index (κ2) is 9.27. The largest absolute Gasteiger partial charge is 0.490 e. The number of carbonyl (C=O) groups is 2. The lowest BCUT2D eigenvalue weighted by Gasteiger charge is -2.46. The van der Waals surface area contributed by atoms with E-state index in [4.69, 9.17) is 14.9 Å². The summed E-state index contributed by atoms with van der Waals surface area (Å²) in [4.78, 5) is 28.7. The maximum atomic E-state index is 12.7. The Morgan fingerprint density at radius 2 is 2.06 bits per heavy atom. The SMILES string of the molecule is O=C(Nc1cscc1Br)c1cnn2ccc(N3CC4CCC3CN4)nc12.O=C(O)C(F)(F)F. The number of piperazine rings is 1. The van der Waals surface area contributed by atoms with Crippen LogP contribution in [-0.4, -0.2) is 62.9 Å². The van der Waals surface area contributed by atoms with Crippen LogP contribution in [0.1, 0.15) is 23.2 Å². The number of carboxylic acid groups (broad SMARTS) is 1. The first kappa shape index (κ1) is 23.4. The molecule has 0 saturated carbocycles. The van der Waals surface area contributed by atoms with Crippen LogP contribution in [0.4, 0.5) is 24.7 Å². The van der Waals surface area contributed by atoms with Gasteiger partial charge in [-0.15, -0.1) is 11.3 Å². The molecule has 2 atom stereocenters. The monoisotopic (exact) mass is 546 g/mol. The third-order valence-corrected chi connectivity index (χ3v) is 7.05. The van der Waals surface area contributed by atoms with Gasteiger partial charge in [0, 0.05) is 42.1 Å². The summed E-state index contributed by atoms with van der Waals surface area (Å²) in [6, 6.07) is 2.98. The zero-order valence-corrected chi connectivity index (χ0v) is 19.2. The smallest absolute Gasteiger partial charge is 0.475 e. The number of hydrogen-bond acceptors (Lipinski definition) is 7. The van der Waals surface area contributed by atoms with Crippen molar-refractivity contribution in [3.05, 3.63) is 39.3 Å². The Hall–Kier alpha value is -2.71. The van der Waals surface area contributed by atoms with E-state index in [1.165, 1.54) is 24.2 Å². The fourth-order valence-electron chi connectivity index (χ4n) is 3.73. The molecule has 6 rings (SSSR count). The summed E-state index contributed by atoms with van der Waals surface area (Å²) in [7, 11) is 0. The number of amides is 1. The van der Waals surface area contributed by atoms with Crippen LogP contribution in [-0.2, 0) is 4.79 Å². The lowest BCUT2D eigenvalue weighted by Crippen LogP contribution is -2.61. The van der Waals surface area contributed by atoms with Gasteiger partial charge < -0.3 is 20.6 Å². The number of rotatable bonds is 3. The average Bonchev–Trinajstić information content (AvgIpc) is 3.40. The normalized spacial score (nSPS) is 19.8. The summed E-state index contributed by atoms with van der Waals surface area (Å²) in [6.45, 7) is 1.96. The lowest BCUT2D eigenvalue weighted by atomic mass is 9.93. The Kier molecular flexibility index (Phi) is 6.59. The summed E-state index contributed by atoms with van der Waals surface area (Å²) in [5.74, 6) is -2.04. The minimum Gasteiger partial charge on any atom is -0.475 e. The van der Waals surface area contributed by atoms with Crippen LogP contribution in [0.15, 0.2) is 33.7 Å². The van der Waals surface area contributed by atoms with Crippen molar-refractivity contribution in [2.45, 2.75) is 31.1 Å². The molecule has 3 aliphatic rings. The summed E-state index contributed by atoms with van der Waals surface area (Å²) in [6.07, 6.45) is 0.777. The van der Waals surface area contributed by atoms with Crippen molar-refractivity contribution in [2.75, 3.05) is 23.3 Å². The van der Waals surface area contributed by atoms with Gasteiger partial charge in [0.25, 0.3) is 5.91 Å². The van der Waals surface area contributed by atoms with E-state index in [9.17, 15) is 18.0 Å². The standard InChI is InChI=1S/C17H17BrN6OS.C2HF3O2/c18-13-8-26-9-14(13)21-17(25)12-6-20-24-4-3-15(22-16(12)24)23-7-10-1-2-11(23)5-19-10;3-2(4,5)1(6)7/h3-4,6,8-11,19H,1-2,5,7H2,(H,21,25);(H,6,7). The number of halogens is 4. The molecule has 33 heavy (non-hydrogen) atoms. The number of anilines is 2. The van der Waals surface area contributed by atoms with Crippen LogP contribution in [0.2, 0.25) is 0 Å². The van der Waals surface area contributed by atoms with Gasteiger partial charge in [-0.3, -0.25) is 4.79 Å². The van der Waals surface area contributed by atoms with Gasteiger partial charge in [-0.1, -0.05) is 0 Å². The van der Waals surface area contributed by atoms with E-state index in [1.54, 1.807) is 10.7 Å². The van der Waals surface area contributed by atoms with Crippen LogP contribution in [0.5, 0.6) is 0 Å². The maximum absolute atomic E-state index is 12.7. The maximum Gasteiger partial charge on any atom is 0.490 e. The number of thiophene rings is 1. The number of fused-ring (bicyclic) bond motifs is 4. The zero-order chi connectivity index (χ0) is 23.8. The van der Waals surface area contributed by atoms with E-state index in [1.807, 2.05) is 23.0 Å². The first-order valence-corrected chi connectivity index (χ1v) is 11.5. The molecule has 6 heterocycles. The van der Waals surface area contributed by atoms with Gasteiger partial charge in [0.2, 0.25) is 0 Å². The topological polar surface area (TPSA) is 112 Å². The highest BCUT2D eigenvalue weighted by Crippen LogP contribution is 2.29. The van der Waals surface area contributed by atoms with Crippen molar-refractivity contribution >= 4 is 56.3 Å². The number of piperidine rings is 2. The van der Waals surface area contributed by atoms with E-state index in [0.717, 1.165) is 29.1 Å². The van der Waals surface area contributed by atoms with Crippen LogP contribution >= 0.6 is 27.3 Å². The molecular formula is C19H18BrF3N6O3S. The molecule has 3 saturated heterocycles. The Balaban J connectivity index is 0.000000325. The second-order valence-electron chi connectivity index (χ2n) is 7.49. The Morgan fingerprint density at radius 3 is 2.61 bits per heavy atom. The number of aromatic nitrogens is 3. The molecule has 0 radical (unpaired) electrons. The summed E-state index contributed by atoms with van der Waals surface area (Å²) in [5.41, 5.74) is 1.82. The minimum absolute atomic E-state index is 0.203. The first-order chi connectivity index (χ1) is 15.6. The van der Waals surface area contributed by atoms with E-state index < -0.39 is 12.1 Å². The van der Waals surface area contributed by atoms with Gasteiger partial charge in [0.15, 0.2) is 5.65 Å². The number of aliphatic carboxylic acids is 1. The van der Waals surface area contributed by atoms with Gasteiger partial charge in [0.1, 0.15) is 11.4 Å². The molecule has 3 N–H and O–H groups in total. The van der Waals surface area contributed by atoms with Crippen molar-refractivity contribution in [3.8, 4) is 0 Å². The molecule has 3 aromatic heterocycles. The Labute approximate surface area is 197 Å². The molecule has 0 aliphatic carbocycles. The molecule has 2 unspecified atom stereocenters. The Morgan fingerprint density at radius 1 is 1.30 bits per heavy atom. The zero-order valence-electron chi connectivity index (χ0n) is 16.8. The highest BCUT2D eigenvalue weighted by atomic mass is 79.9. The van der Waals surface area contributed by atoms with Gasteiger partial charge >= 0.3 is 12.1 Å². The van der Waals surface area contributed by atoms with E-state index in [-0.39, 0.29) is 5.91 Å². The lowest BCUT2D eigenvalue weighted by molar-refractivity contribution is -0.192. The summed E-state index contributed by atoms with van der Waals surface area (Å²) in [5, 5.41) is 21.7. The van der Waals surface area contributed by atoms with Crippen molar-refractivity contribution in [3.63, 3.8) is 0 Å². The van der Waals surface area contributed by atoms with Crippen LogP contribution < -0.4 is 15.5 Å². The quantitative estimate of drug-likeness (QED) is 0.461. The van der Waals surface area contributed by atoms with E-state index in [2.05, 4.69) is 36.6 Å². The number of hydrogen-bond donors (Lipinski definition) is 3. The molecular weight excluding hydrogens is 529 g/mol. The highest BCUT2D eigenvalue weighted by Gasteiger charge is 2.38. The number of alkyl halides is 3. The first-order valence-electron chi connectivity index (χ1n) is 9.81. The highest BCUT2D eigenvalue weighted by molar-refractivity contribution is 9.10. The summed E-state index contributed by atoms with van der Waals surface area (Å²) >= 11 is 4.96. The molecule has 14 heteroatoms. The fourth-order valence-corrected chi connectivity index (χ4v) is 5.05. The number of carbonyl (C=O) groups excluding carboxylic acids is 1. The molecule has 3 fully saturated rings. The minimum atomic E-state index is -5.08. The molecule has 3 aliphatic heterocycles. The molecule has 9 nitrogen and oxygen atoms in total. The summed E-state index contributed by atoms with van der Waals surface area (Å²) < 4.78 is 34.3. The fraction of sp³-hybridized carbons (Fsp3) is 0.368. The van der Waals surface area contributed by atoms with Crippen molar-refractivity contribution in [2.24, 2.45) is 0 Å². The molecule has 2 bridgehead atoms. The van der Waals surface area contributed by atoms with Crippen LogP contribution in [0, 0.1) is 0 Å². The van der Waals surface area contributed by atoms with Gasteiger partial charge in [-0.05, 0) is 34.8 Å². The van der Waals surface area contributed by atoms with Crippen LogP contribution in [0.25, 0.3) is 5.65 Å². The number of carboxylic acids is 1. The predicted octanol–water partition coefficient (Wildman–Crippen LogP) is 3.38. The molecule has 1 amide bonds. The van der Waals surface area contributed by atoms with Crippen molar-refractivity contribution < 1.29 is 27.9 Å². The third kappa shape index (κ3) is 5.12. The average molecular weight is 547 g/mol. The second-order valence-corrected chi connectivity index (χ2v) is 9.09. The molecule has 0 spiro atoms. The molecule has 176 valence electrons.